The Bertz CT molecular complexity index is 233. The lowest BCUT2D eigenvalue weighted by molar-refractivity contribution is 1.11. The van der Waals surface area contributed by atoms with Crippen molar-refractivity contribution in [2.45, 2.75) is 4.43 Å². The van der Waals surface area contributed by atoms with Crippen molar-refractivity contribution in [2.24, 2.45) is 0 Å². The molecule has 60 valence electrons. The zero-order chi connectivity index (χ0) is 8.27. The third-order valence-electron chi connectivity index (χ3n) is 1.62. The van der Waals surface area contributed by atoms with E-state index >= 15 is 0 Å². The van der Waals surface area contributed by atoms with Crippen LogP contribution < -0.4 is 4.90 Å². The maximum Gasteiger partial charge on any atom is 0.0401 e. The van der Waals surface area contributed by atoms with Gasteiger partial charge in [-0.1, -0.05) is 40.8 Å². The Balaban J connectivity index is 3.02. The smallest absolute Gasteiger partial charge is 0.0401 e. The van der Waals surface area contributed by atoms with Crippen molar-refractivity contribution in [3.05, 3.63) is 29.8 Å². The fourth-order valence-electron chi connectivity index (χ4n) is 1.06. The summed E-state index contributed by atoms with van der Waals surface area (Å²) in [4.78, 5) is 2.15. The van der Waals surface area contributed by atoms with Crippen LogP contribution in [0.2, 0.25) is 0 Å². The molecule has 1 nitrogen and oxygen atoms in total. The highest BCUT2D eigenvalue weighted by atomic mass is 127. The Hall–Kier alpha value is -0.250. The third-order valence-corrected chi connectivity index (χ3v) is 2.44. The molecule has 0 aromatic heterocycles. The lowest BCUT2D eigenvalue weighted by atomic mass is 10.2. The normalized spacial score (nSPS) is 9.73. The summed E-state index contributed by atoms with van der Waals surface area (Å²) in [5, 5.41) is 0. The van der Waals surface area contributed by atoms with E-state index in [9.17, 15) is 0 Å². The number of alkyl halides is 1. The molecule has 0 spiro atoms. The van der Waals surface area contributed by atoms with E-state index in [0.29, 0.717) is 0 Å². The molecule has 0 saturated carbocycles. The molecule has 0 saturated heterocycles. The first-order valence-corrected chi connectivity index (χ1v) is 5.09. The van der Waals surface area contributed by atoms with Gasteiger partial charge in [-0.15, -0.1) is 0 Å². The van der Waals surface area contributed by atoms with Crippen LogP contribution in [0, 0.1) is 0 Å². The van der Waals surface area contributed by atoms with Crippen LogP contribution in [0.25, 0.3) is 0 Å². The molecule has 1 aromatic carbocycles. The lowest BCUT2D eigenvalue weighted by Crippen LogP contribution is -2.10. The third kappa shape index (κ3) is 2.09. The monoisotopic (exact) mass is 261 g/mol. The molecule has 11 heavy (non-hydrogen) atoms. The average Bonchev–Trinajstić information content (AvgIpc) is 2.04. The van der Waals surface area contributed by atoms with E-state index in [1.54, 1.807) is 0 Å². The second-order valence-corrected chi connectivity index (χ2v) is 3.42. The topological polar surface area (TPSA) is 3.24 Å². The van der Waals surface area contributed by atoms with Crippen LogP contribution >= 0.6 is 22.6 Å². The van der Waals surface area contributed by atoms with Gasteiger partial charge < -0.3 is 4.90 Å². The highest BCUT2D eigenvalue weighted by Gasteiger charge is 1.99. The number of anilines is 1. The molecule has 0 heterocycles. The molecule has 0 aliphatic rings. The van der Waals surface area contributed by atoms with Crippen LogP contribution in [0.15, 0.2) is 24.3 Å². The first kappa shape index (κ1) is 8.84. The standard InChI is InChI=1S/C9H12IN/c1-11(2)9-6-4-3-5-8(9)7-10/h3-6H,7H2,1-2H3. The van der Waals surface area contributed by atoms with E-state index in [1.165, 1.54) is 11.3 Å². The van der Waals surface area contributed by atoms with E-state index in [-0.39, 0.29) is 0 Å². The van der Waals surface area contributed by atoms with Crippen molar-refractivity contribution in [3.63, 3.8) is 0 Å². The molecule has 0 aliphatic heterocycles. The minimum Gasteiger partial charge on any atom is -0.377 e. The van der Waals surface area contributed by atoms with E-state index in [4.69, 9.17) is 0 Å². The van der Waals surface area contributed by atoms with Crippen LogP contribution in [0.1, 0.15) is 5.56 Å². The predicted molar refractivity (Wildman–Crippen MR) is 58.5 cm³/mol. The number of hydrogen-bond donors (Lipinski definition) is 0. The number of para-hydroxylation sites is 1. The molecule has 0 amide bonds. The number of nitrogens with zero attached hydrogens (tertiary/aromatic N) is 1. The van der Waals surface area contributed by atoms with Gasteiger partial charge in [0.25, 0.3) is 0 Å². The van der Waals surface area contributed by atoms with Crippen molar-refractivity contribution in [3.8, 4) is 0 Å². The van der Waals surface area contributed by atoms with Crippen molar-refractivity contribution in [1.82, 2.24) is 0 Å². The van der Waals surface area contributed by atoms with Crippen molar-refractivity contribution >= 4 is 28.3 Å². The summed E-state index contributed by atoms with van der Waals surface area (Å²) in [7, 11) is 4.15. The summed E-state index contributed by atoms with van der Waals surface area (Å²) in [5.41, 5.74) is 2.72. The summed E-state index contributed by atoms with van der Waals surface area (Å²) in [6, 6.07) is 8.47. The Morgan fingerprint density at radius 1 is 1.27 bits per heavy atom. The number of rotatable bonds is 2. The molecule has 0 radical (unpaired) electrons. The predicted octanol–water partition coefficient (Wildman–Crippen LogP) is 2.69. The largest absolute Gasteiger partial charge is 0.377 e. The van der Waals surface area contributed by atoms with Gasteiger partial charge in [0.15, 0.2) is 0 Å². The molecule has 0 aliphatic carbocycles. The summed E-state index contributed by atoms with van der Waals surface area (Å²) in [6.45, 7) is 0. The van der Waals surface area contributed by atoms with Gasteiger partial charge in [0.2, 0.25) is 0 Å². The summed E-state index contributed by atoms with van der Waals surface area (Å²) < 4.78 is 1.08. The van der Waals surface area contributed by atoms with Gasteiger partial charge in [0, 0.05) is 24.2 Å². The number of benzene rings is 1. The minimum absolute atomic E-state index is 1.08. The summed E-state index contributed by atoms with van der Waals surface area (Å²) in [6.07, 6.45) is 0. The molecule has 0 unspecified atom stereocenters. The van der Waals surface area contributed by atoms with Crippen LogP contribution in [-0.4, -0.2) is 14.1 Å². The van der Waals surface area contributed by atoms with Gasteiger partial charge >= 0.3 is 0 Å². The Morgan fingerprint density at radius 3 is 2.36 bits per heavy atom. The number of hydrogen-bond acceptors (Lipinski definition) is 1. The first-order valence-electron chi connectivity index (χ1n) is 3.57. The molecule has 0 N–H and O–H groups in total. The molecule has 0 fully saturated rings. The molecule has 1 aromatic rings. The van der Waals surface area contributed by atoms with Gasteiger partial charge in [0.1, 0.15) is 0 Å². The quantitative estimate of drug-likeness (QED) is 0.584. The molecule has 0 atom stereocenters. The lowest BCUT2D eigenvalue weighted by Gasteiger charge is -2.15. The fraction of sp³-hybridized carbons (Fsp3) is 0.333. The van der Waals surface area contributed by atoms with E-state index < -0.39 is 0 Å². The zero-order valence-corrected chi connectivity index (χ0v) is 9.00. The Morgan fingerprint density at radius 2 is 1.91 bits per heavy atom. The SMILES string of the molecule is CN(C)c1ccccc1CI. The van der Waals surface area contributed by atoms with Crippen LogP contribution in [-0.2, 0) is 4.43 Å². The Labute approximate surface area is 81.5 Å². The molecule has 0 bridgehead atoms. The van der Waals surface area contributed by atoms with Crippen LogP contribution in [0.5, 0.6) is 0 Å². The van der Waals surface area contributed by atoms with Gasteiger partial charge in [-0.05, 0) is 11.6 Å². The second-order valence-electron chi connectivity index (χ2n) is 2.66. The molecule has 2 heteroatoms. The zero-order valence-electron chi connectivity index (χ0n) is 6.84. The fourth-order valence-corrected chi connectivity index (χ4v) is 1.71. The Kier molecular flexibility index (Phi) is 3.17. The highest BCUT2D eigenvalue weighted by molar-refractivity contribution is 14.1. The van der Waals surface area contributed by atoms with E-state index in [0.717, 1.165) is 4.43 Å². The van der Waals surface area contributed by atoms with Crippen molar-refractivity contribution < 1.29 is 0 Å². The maximum absolute atomic E-state index is 2.39. The molecular formula is C9H12IN. The second kappa shape index (κ2) is 3.95. The van der Waals surface area contributed by atoms with Gasteiger partial charge in [0.05, 0.1) is 0 Å². The first-order chi connectivity index (χ1) is 5.25. The average molecular weight is 261 g/mol. The molecular weight excluding hydrogens is 249 g/mol. The van der Waals surface area contributed by atoms with Gasteiger partial charge in [-0.25, -0.2) is 0 Å². The molecule has 1 rings (SSSR count). The van der Waals surface area contributed by atoms with Crippen LogP contribution in [0.4, 0.5) is 5.69 Å². The summed E-state index contributed by atoms with van der Waals surface area (Å²) >= 11 is 2.39. The summed E-state index contributed by atoms with van der Waals surface area (Å²) in [5.74, 6) is 0. The van der Waals surface area contributed by atoms with Gasteiger partial charge in [-0.2, -0.15) is 0 Å². The minimum atomic E-state index is 1.08. The van der Waals surface area contributed by atoms with Gasteiger partial charge in [-0.3, -0.25) is 0 Å². The highest BCUT2D eigenvalue weighted by Crippen LogP contribution is 2.19. The van der Waals surface area contributed by atoms with Crippen LogP contribution in [0.3, 0.4) is 0 Å². The van der Waals surface area contributed by atoms with Crippen molar-refractivity contribution in [1.29, 1.82) is 0 Å². The number of halogens is 1. The van der Waals surface area contributed by atoms with Crippen molar-refractivity contribution in [2.75, 3.05) is 19.0 Å². The maximum atomic E-state index is 2.39. The van der Waals surface area contributed by atoms with E-state index in [2.05, 4.69) is 65.9 Å². The van der Waals surface area contributed by atoms with E-state index in [1.807, 2.05) is 0 Å².